The predicted octanol–water partition coefficient (Wildman–Crippen LogP) is 4.45. The number of benzene rings is 3. The standard InChI is InChI=1S/C24H22ClN3O5S/c1-3-32-20-9-11-22(12-10-20)34(30,31)28(2)19-5-7-21(8-6-19)33-16-24(29)27-18-4-13-23(25)17(14-18)15-26/h4-14H,3,16H2,1-2H3,(H,27,29). The molecule has 34 heavy (non-hydrogen) atoms. The molecule has 1 N–H and O–H groups in total. The number of hydrogen-bond acceptors (Lipinski definition) is 6. The van der Waals surface area contributed by atoms with E-state index in [9.17, 15) is 13.2 Å². The summed E-state index contributed by atoms with van der Waals surface area (Å²) in [5.41, 5.74) is 1.10. The second-order valence-corrected chi connectivity index (χ2v) is 9.39. The molecule has 0 aliphatic rings. The summed E-state index contributed by atoms with van der Waals surface area (Å²) in [7, 11) is -2.31. The van der Waals surface area contributed by atoms with Crippen LogP contribution in [0.5, 0.6) is 11.5 Å². The average molecular weight is 500 g/mol. The van der Waals surface area contributed by atoms with Crippen molar-refractivity contribution in [2.45, 2.75) is 11.8 Å². The van der Waals surface area contributed by atoms with E-state index in [1.54, 1.807) is 42.5 Å². The van der Waals surface area contributed by atoms with Crippen molar-refractivity contribution in [1.82, 2.24) is 0 Å². The minimum Gasteiger partial charge on any atom is -0.494 e. The van der Waals surface area contributed by atoms with E-state index in [1.165, 1.54) is 31.3 Å². The van der Waals surface area contributed by atoms with Crippen molar-refractivity contribution >= 4 is 38.9 Å². The number of anilines is 2. The van der Waals surface area contributed by atoms with Gasteiger partial charge in [0.2, 0.25) is 0 Å². The van der Waals surface area contributed by atoms with Gasteiger partial charge in [-0.25, -0.2) is 8.42 Å². The highest BCUT2D eigenvalue weighted by Gasteiger charge is 2.21. The summed E-state index contributed by atoms with van der Waals surface area (Å²) < 4.78 is 37.8. The lowest BCUT2D eigenvalue weighted by Gasteiger charge is -2.20. The molecule has 3 aromatic rings. The van der Waals surface area contributed by atoms with E-state index in [1.807, 2.05) is 13.0 Å². The molecule has 0 aliphatic heterocycles. The Bertz CT molecular complexity index is 1300. The van der Waals surface area contributed by atoms with Gasteiger partial charge in [-0.05, 0) is 73.7 Å². The number of carbonyl (C=O) groups is 1. The first-order valence-corrected chi connectivity index (χ1v) is 12.0. The molecule has 3 rings (SSSR count). The number of rotatable bonds is 9. The van der Waals surface area contributed by atoms with Gasteiger partial charge in [0.05, 0.1) is 27.8 Å². The third kappa shape index (κ3) is 5.98. The van der Waals surface area contributed by atoms with Gasteiger partial charge >= 0.3 is 0 Å². The number of halogens is 1. The van der Waals surface area contributed by atoms with Crippen LogP contribution in [-0.2, 0) is 14.8 Å². The topological polar surface area (TPSA) is 109 Å². The van der Waals surface area contributed by atoms with Crippen LogP contribution in [0.1, 0.15) is 12.5 Å². The summed E-state index contributed by atoms with van der Waals surface area (Å²) in [5, 5.41) is 11.9. The summed E-state index contributed by atoms with van der Waals surface area (Å²) in [5.74, 6) is 0.557. The molecule has 1 amide bonds. The lowest BCUT2D eigenvalue weighted by Crippen LogP contribution is -2.26. The molecule has 0 saturated heterocycles. The molecule has 0 aliphatic carbocycles. The summed E-state index contributed by atoms with van der Waals surface area (Å²) in [6.07, 6.45) is 0. The van der Waals surface area contributed by atoms with Crippen molar-refractivity contribution in [2.24, 2.45) is 0 Å². The quantitative estimate of drug-likeness (QED) is 0.465. The SMILES string of the molecule is CCOc1ccc(S(=O)(=O)N(C)c2ccc(OCC(=O)Nc3ccc(Cl)c(C#N)c3)cc2)cc1. The summed E-state index contributed by atoms with van der Waals surface area (Å²) in [6.45, 7) is 2.07. The lowest BCUT2D eigenvalue weighted by molar-refractivity contribution is -0.118. The highest BCUT2D eigenvalue weighted by Crippen LogP contribution is 2.26. The Kier molecular flexibility index (Phi) is 7.99. The summed E-state index contributed by atoms with van der Waals surface area (Å²) in [4.78, 5) is 12.3. The van der Waals surface area contributed by atoms with Crippen molar-refractivity contribution in [3.05, 3.63) is 77.3 Å². The number of sulfonamides is 1. The minimum absolute atomic E-state index is 0.136. The molecule has 176 valence electrons. The van der Waals surface area contributed by atoms with Gasteiger partial charge in [0.25, 0.3) is 15.9 Å². The molecule has 0 unspecified atom stereocenters. The zero-order valence-corrected chi connectivity index (χ0v) is 20.1. The van der Waals surface area contributed by atoms with E-state index in [-0.39, 0.29) is 17.1 Å². The van der Waals surface area contributed by atoms with E-state index in [0.717, 1.165) is 4.31 Å². The van der Waals surface area contributed by atoms with Gasteiger partial charge in [-0.2, -0.15) is 5.26 Å². The van der Waals surface area contributed by atoms with E-state index >= 15 is 0 Å². The number of nitrogens with zero attached hydrogens (tertiary/aromatic N) is 2. The number of nitrogens with one attached hydrogen (secondary N) is 1. The van der Waals surface area contributed by atoms with Crippen molar-refractivity contribution in [1.29, 1.82) is 5.26 Å². The fraction of sp³-hybridized carbons (Fsp3) is 0.167. The lowest BCUT2D eigenvalue weighted by atomic mass is 10.2. The Hall–Kier alpha value is -3.74. The summed E-state index contributed by atoms with van der Waals surface area (Å²) in [6, 6.07) is 19.0. The van der Waals surface area contributed by atoms with E-state index in [4.69, 9.17) is 26.3 Å². The van der Waals surface area contributed by atoms with Crippen molar-refractivity contribution in [2.75, 3.05) is 29.9 Å². The Balaban J connectivity index is 1.60. The van der Waals surface area contributed by atoms with Crippen molar-refractivity contribution in [3.63, 3.8) is 0 Å². The Morgan fingerprint density at radius 3 is 2.26 bits per heavy atom. The molecular weight excluding hydrogens is 478 g/mol. The number of nitriles is 1. The first kappa shape index (κ1) is 24.9. The normalized spacial score (nSPS) is 10.8. The molecule has 0 spiro atoms. The number of hydrogen-bond donors (Lipinski definition) is 1. The maximum absolute atomic E-state index is 12.9. The largest absolute Gasteiger partial charge is 0.494 e. The maximum atomic E-state index is 12.9. The monoisotopic (exact) mass is 499 g/mol. The van der Waals surface area contributed by atoms with E-state index in [2.05, 4.69) is 5.32 Å². The van der Waals surface area contributed by atoms with Crippen LogP contribution < -0.4 is 19.1 Å². The molecule has 3 aromatic carbocycles. The van der Waals surface area contributed by atoms with Crippen LogP contribution >= 0.6 is 11.6 Å². The molecule has 0 bridgehead atoms. The van der Waals surface area contributed by atoms with Crippen LogP contribution in [0.4, 0.5) is 11.4 Å². The fourth-order valence-electron chi connectivity index (χ4n) is 2.96. The second kappa shape index (κ2) is 10.9. The van der Waals surface area contributed by atoms with Crippen molar-refractivity contribution < 1.29 is 22.7 Å². The number of ether oxygens (including phenoxy) is 2. The van der Waals surface area contributed by atoms with Gasteiger partial charge in [0.1, 0.15) is 17.6 Å². The molecule has 0 radical (unpaired) electrons. The first-order valence-electron chi connectivity index (χ1n) is 10.2. The van der Waals surface area contributed by atoms with Crippen LogP contribution in [0.25, 0.3) is 0 Å². The predicted molar refractivity (Wildman–Crippen MR) is 130 cm³/mol. The molecule has 0 saturated carbocycles. The third-order valence-electron chi connectivity index (χ3n) is 4.73. The molecule has 0 aromatic heterocycles. The number of amides is 1. The van der Waals surface area contributed by atoms with Crippen molar-refractivity contribution in [3.8, 4) is 17.6 Å². The Labute approximate surface area is 203 Å². The second-order valence-electron chi connectivity index (χ2n) is 7.01. The third-order valence-corrected chi connectivity index (χ3v) is 6.86. The first-order chi connectivity index (χ1) is 16.2. The Morgan fingerprint density at radius 1 is 1.03 bits per heavy atom. The highest BCUT2D eigenvalue weighted by molar-refractivity contribution is 7.92. The van der Waals surface area contributed by atoms with Crippen LogP contribution in [0.15, 0.2) is 71.6 Å². The van der Waals surface area contributed by atoms with Gasteiger partial charge in [-0.15, -0.1) is 0 Å². The molecule has 10 heteroatoms. The van der Waals surface area contributed by atoms with Gasteiger partial charge in [-0.1, -0.05) is 11.6 Å². The van der Waals surface area contributed by atoms with E-state index < -0.39 is 15.9 Å². The summed E-state index contributed by atoms with van der Waals surface area (Å²) >= 11 is 5.88. The minimum atomic E-state index is -3.77. The average Bonchev–Trinajstić information content (AvgIpc) is 2.84. The molecule has 0 heterocycles. The van der Waals surface area contributed by atoms with E-state index in [0.29, 0.717) is 34.5 Å². The van der Waals surface area contributed by atoms with Crippen LogP contribution in [-0.4, -0.2) is 34.6 Å². The van der Waals surface area contributed by atoms with Gasteiger partial charge in [0, 0.05) is 12.7 Å². The molecule has 0 atom stereocenters. The molecule has 8 nitrogen and oxygen atoms in total. The van der Waals surface area contributed by atoms with Crippen LogP contribution in [0, 0.1) is 11.3 Å². The van der Waals surface area contributed by atoms with Gasteiger partial charge in [0.15, 0.2) is 6.61 Å². The fourth-order valence-corrected chi connectivity index (χ4v) is 4.31. The zero-order valence-electron chi connectivity index (χ0n) is 18.5. The number of carbonyl (C=O) groups excluding carboxylic acids is 1. The van der Waals surface area contributed by atoms with Gasteiger partial charge in [-0.3, -0.25) is 9.10 Å². The zero-order chi connectivity index (χ0) is 24.7. The van der Waals surface area contributed by atoms with Crippen LogP contribution in [0.3, 0.4) is 0 Å². The smallest absolute Gasteiger partial charge is 0.264 e. The molecular formula is C24H22ClN3O5S. The van der Waals surface area contributed by atoms with Gasteiger partial charge < -0.3 is 14.8 Å². The Morgan fingerprint density at radius 2 is 1.65 bits per heavy atom. The van der Waals surface area contributed by atoms with Crippen LogP contribution in [0.2, 0.25) is 5.02 Å². The maximum Gasteiger partial charge on any atom is 0.264 e. The highest BCUT2D eigenvalue weighted by atomic mass is 35.5. The molecule has 0 fully saturated rings.